The summed E-state index contributed by atoms with van der Waals surface area (Å²) < 4.78 is 10.8. The number of hydrogen-bond donors (Lipinski definition) is 2. The second-order valence-electron chi connectivity index (χ2n) is 6.33. The van der Waals surface area contributed by atoms with Gasteiger partial charge in [-0.1, -0.05) is 0 Å². The van der Waals surface area contributed by atoms with E-state index < -0.39 is 23.6 Å². The zero-order chi connectivity index (χ0) is 22.5. The van der Waals surface area contributed by atoms with Crippen LogP contribution in [0.5, 0.6) is 17.2 Å². The summed E-state index contributed by atoms with van der Waals surface area (Å²) in [4.78, 5) is 38.3. The number of hydrogen-bond acceptors (Lipinski definition) is 7. The zero-order valence-electron chi connectivity index (χ0n) is 16.7. The number of ether oxygens (including phenoxy) is 2. The molecule has 0 unspecified atom stereocenters. The van der Waals surface area contributed by atoms with Crippen molar-refractivity contribution >= 4 is 56.5 Å². The highest BCUT2D eigenvalue weighted by Gasteiger charge is 2.36. The number of rotatable bonds is 7. The first-order chi connectivity index (χ1) is 14.8. The molecule has 0 aromatic heterocycles. The molecule has 1 fully saturated rings. The molecule has 2 N–H and O–H groups in total. The van der Waals surface area contributed by atoms with Gasteiger partial charge in [-0.3, -0.25) is 19.3 Å². The number of amides is 3. The molecule has 10 heteroatoms. The lowest BCUT2D eigenvalue weighted by molar-refractivity contribution is -0.127. The number of phenols is 1. The number of aromatic hydroxyl groups is 1. The Morgan fingerprint density at radius 3 is 2.61 bits per heavy atom. The number of benzene rings is 2. The molecule has 1 aliphatic heterocycles. The summed E-state index contributed by atoms with van der Waals surface area (Å²) in [5.41, 5.74) is 1.07. The Balaban J connectivity index is 1.69. The number of anilines is 1. The predicted octanol–water partition coefficient (Wildman–Crippen LogP) is 4.24. The molecule has 0 saturated carbocycles. The lowest BCUT2D eigenvalue weighted by Gasteiger charge is -2.13. The van der Waals surface area contributed by atoms with Crippen molar-refractivity contribution in [3.63, 3.8) is 0 Å². The largest absolute Gasteiger partial charge is 0.503 e. The van der Waals surface area contributed by atoms with E-state index in [9.17, 15) is 19.5 Å². The standard InChI is InChI=1S/C21H19BrN2O6S/c1-3-30-14-6-4-13(5-7-14)23-18(25)11-24-20(27)17(31-21(24)28)10-12-8-15(22)19(26)16(9-12)29-2/h4-10,26H,3,11H2,1-2H3,(H,23,25). The van der Waals surface area contributed by atoms with Gasteiger partial charge < -0.3 is 19.9 Å². The Bertz CT molecular complexity index is 1050. The monoisotopic (exact) mass is 506 g/mol. The van der Waals surface area contributed by atoms with Gasteiger partial charge in [-0.15, -0.1) is 0 Å². The van der Waals surface area contributed by atoms with E-state index in [0.717, 1.165) is 16.7 Å². The summed E-state index contributed by atoms with van der Waals surface area (Å²) in [7, 11) is 1.40. The fourth-order valence-electron chi connectivity index (χ4n) is 2.77. The Morgan fingerprint density at radius 2 is 1.97 bits per heavy atom. The predicted molar refractivity (Wildman–Crippen MR) is 121 cm³/mol. The van der Waals surface area contributed by atoms with Gasteiger partial charge in [0.25, 0.3) is 11.1 Å². The van der Waals surface area contributed by atoms with Crippen molar-refractivity contribution in [2.75, 3.05) is 25.6 Å². The average molecular weight is 507 g/mol. The van der Waals surface area contributed by atoms with Crippen LogP contribution in [0.25, 0.3) is 6.08 Å². The summed E-state index contributed by atoms with van der Waals surface area (Å²) >= 11 is 3.95. The molecule has 1 aliphatic rings. The Morgan fingerprint density at radius 1 is 1.26 bits per heavy atom. The molecule has 0 spiro atoms. The molecule has 2 aromatic rings. The van der Waals surface area contributed by atoms with Crippen molar-refractivity contribution in [2.24, 2.45) is 0 Å². The molecule has 0 atom stereocenters. The molecular formula is C21H19BrN2O6S. The first kappa shape index (κ1) is 22.7. The fraction of sp³-hybridized carbons (Fsp3) is 0.190. The van der Waals surface area contributed by atoms with Crippen LogP contribution in [0.3, 0.4) is 0 Å². The van der Waals surface area contributed by atoms with Crippen molar-refractivity contribution in [3.05, 3.63) is 51.3 Å². The number of carbonyl (C=O) groups excluding carboxylic acids is 3. The van der Waals surface area contributed by atoms with E-state index in [2.05, 4.69) is 21.2 Å². The molecule has 3 rings (SSSR count). The highest BCUT2D eigenvalue weighted by atomic mass is 79.9. The third kappa shape index (κ3) is 5.39. The molecular weight excluding hydrogens is 488 g/mol. The van der Waals surface area contributed by atoms with Crippen LogP contribution in [0.1, 0.15) is 12.5 Å². The van der Waals surface area contributed by atoms with Crippen molar-refractivity contribution in [2.45, 2.75) is 6.92 Å². The first-order valence-corrected chi connectivity index (χ1v) is 10.8. The van der Waals surface area contributed by atoms with E-state index in [1.54, 1.807) is 30.3 Å². The summed E-state index contributed by atoms with van der Waals surface area (Å²) in [6, 6.07) is 9.90. The summed E-state index contributed by atoms with van der Waals surface area (Å²) in [6.07, 6.45) is 1.50. The second-order valence-corrected chi connectivity index (χ2v) is 8.17. The summed E-state index contributed by atoms with van der Waals surface area (Å²) in [5.74, 6) is -0.246. The third-order valence-electron chi connectivity index (χ3n) is 4.19. The van der Waals surface area contributed by atoms with Gasteiger partial charge in [-0.25, -0.2) is 0 Å². The lowest BCUT2D eigenvalue weighted by atomic mass is 10.2. The van der Waals surface area contributed by atoms with Crippen LogP contribution in [0.4, 0.5) is 10.5 Å². The highest BCUT2D eigenvalue weighted by Crippen LogP contribution is 2.38. The Hall–Kier alpha value is -2.98. The number of methoxy groups -OCH3 is 1. The van der Waals surface area contributed by atoms with Crippen LogP contribution in [-0.4, -0.2) is 47.3 Å². The fourth-order valence-corrected chi connectivity index (χ4v) is 4.06. The topological polar surface area (TPSA) is 105 Å². The molecule has 1 saturated heterocycles. The van der Waals surface area contributed by atoms with E-state index >= 15 is 0 Å². The smallest absolute Gasteiger partial charge is 0.294 e. The Labute approximate surface area is 191 Å². The van der Waals surface area contributed by atoms with Gasteiger partial charge >= 0.3 is 0 Å². The second kappa shape index (κ2) is 9.88. The minimum atomic E-state index is -0.569. The molecule has 8 nitrogen and oxygen atoms in total. The van der Waals surface area contributed by atoms with Crippen LogP contribution in [0.2, 0.25) is 0 Å². The van der Waals surface area contributed by atoms with Gasteiger partial charge in [0.15, 0.2) is 11.5 Å². The van der Waals surface area contributed by atoms with Crippen molar-refractivity contribution in [3.8, 4) is 17.2 Å². The van der Waals surface area contributed by atoms with Gasteiger partial charge in [0.2, 0.25) is 5.91 Å². The molecule has 0 radical (unpaired) electrons. The number of thioether (sulfide) groups is 1. The SMILES string of the molecule is CCOc1ccc(NC(=O)CN2C(=O)SC(=Cc3cc(Br)c(O)c(OC)c3)C2=O)cc1. The maximum absolute atomic E-state index is 12.7. The zero-order valence-corrected chi connectivity index (χ0v) is 19.1. The van der Waals surface area contributed by atoms with Gasteiger partial charge in [-0.05, 0) is 82.7 Å². The quantitative estimate of drug-likeness (QED) is 0.541. The van der Waals surface area contributed by atoms with Crippen molar-refractivity contribution in [1.29, 1.82) is 0 Å². The van der Waals surface area contributed by atoms with E-state index in [-0.39, 0.29) is 16.4 Å². The summed E-state index contributed by atoms with van der Waals surface area (Å²) in [6.45, 7) is 2.00. The Kier molecular flexibility index (Phi) is 7.24. The van der Waals surface area contributed by atoms with Gasteiger partial charge in [0.05, 0.1) is 23.1 Å². The maximum atomic E-state index is 12.7. The number of phenolic OH excluding ortho intramolecular Hbond substituents is 1. The van der Waals surface area contributed by atoms with Crippen LogP contribution >= 0.6 is 27.7 Å². The number of nitrogens with one attached hydrogen (secondary N) is 1. The van der Waals surface area contributed by atoms with Gasteiger partial charge in [0.1, 0.15) is 12.3 Å². The first-order valence-electron chi connectivity index (χ1n) is 9.17. The highest BCUT2D eigenvalue weighted by molar-refractivity contribution is 9.10. The van der Waals surface area contributed by atoms with Crippen molar-refractivity contribution < 1.29 is 29.0 Å². The molecule has 3 amide bonds. The van der Waals surface area contributed by atoms with E-state index in [1.807, 2.05) is 6.92 Å². The minimum Gasteiger partial charge on any atom is -0.503 e. The van der Waals surface area contributed by atoms with E-state index in [0.29, 0.717) is 28.1 Å². The number of nitrogens with zero attached hydrogens (tertiary/aromatic N) is 1. The summed E-state index contributed by atoms with van der Waals surface area (Å²) in [5, 5.41) is 12.0. The number of halogens is 1. The molecule has 31 heavy (non-hydrogen) atoms. The maximum Gasteiger partial charge on any atom is 0.294 e. The number of carbonyl (C=O) groups is 3. The third-order valence-corrected chi connectivity index (χ3v) is 5.70. The normalized spacial score (nSPS) is 14.8. The van der Waals surface area contributed by atoms with Crippen LogP contribution in [0.15, 0.2) is 45.8 Å². The van der Waals surface area contributed by atoms with Crippen LogP contribution in [0, 0.1) is 0 Å². The lowest BCUT2D eigenvalue weighted by Crippen LogP contribution is -2.36. The van der Waals surface area contributed by atoms with E-state index in [4.69, 9.17) is 9.47 Å². The molecule has 0 aliphatic carbocycles. The molecule has 162 valence electrons. The van der Waals surface area contributed by atoms with Gasteiger partial charge in [0, 0.05) is 5.69 Å². The van der Waals surface area contributed by atoms with Gasteiger partial charge in [-0.2, -0.15) is 0 Å². The van der Waals surface area contributed by atoms with Crippen LogP contribution in [-0.2, 0) is 9.59 Å². The van der Waals surface area contributed by atoms with Crippen LogP contribution < -0.4 is 14.8 Å². The molecule has 1 heterocycles. The molecule has 2 aromatic carbocycles. The number of imide groups is 1. The molecule has 0 bridgehead atoms. The minimum absolute atomic E-state index is 0.0706. The van der Waals surface area contributed by atoms with E-state index in [1.165, 1.54) is 19.3 Å². The van der Waals surface area contributed by atoms with Crippen molar-refractivity contribution in [1.82, 2.24) is 4.90 Å². The average Bonchev–Trinajstić information content (AvgIpc) is 2.99.